The molecule has 0 radical (unpaired) electrons. The fraction of sp³-hybridized carbons (Fsp3) is 0.696. The molecule has 0 aromatic heterocycles. The third-order valence-electron chi connectivity index (χ3n) is 4.79. The van der Waals surface area contributed by atoms with Gasteiger partial charge >= 0.3 is 0 Å². The van der Waals surface area contributed by atoms with E-state index in [2.05, 4.69) is 55.7 Å². The van der Waals surface area contributed by atoms with Gasteiger partial charge < -0.3 is 24.8 Å². The first kappa shape index (κ1) is 23.6. The summed E-state index contributed by atoms with van der Waals surface area (Å²) in [5.41, 5.74) is 2.38. The Morgan fingerprint density at radius 2 is 1.97 bits per heavy atom. The number of aliphatic imine (C=N–C) groups is 1. The Bertz CT molecular complexity index is 586. The van der Waals surface area contributed by atoms with E-state index in [1.54, 1.807) is 0 Å². The van der Waals surface area contributed by atoms with Crippen LogP contribution in [0.15, 0.2) is 29.3 Å². The first-order chi connectivity index (χ1) is 14.2. The molecule has 1 fully saturated rings. The molecular formula is C23H39N3O3. The molecular weight excluding hydrogens is 366 g/mol. The van der Waals surface area contributed by atoms with Crippen molar-refractivity contribution in [2.24, 2.45) is 10.9 Å². The van der Waals surface area contributed by atoms with Crippen LogP contribution >= 0.6 is 0 Å². The molecule has 0 spiro atoms. The topological polar surface area (TPSA) is 64.1 Å². The third-order valence-corrected chi connectivity index (χ3v) is 4.79. The molecule has 0 saturated carbocycles. The van der Waals surface area contributed by atoms with Gasteiger partial charge in [-0.3, -0.25) is 0 Å². The van der Waals surface area contributed by atoms with Crippen molar-refractivity contribution < 1.29 is 14.2 Å². The molecule has 0 amide bonds. The lowest BCUT2D eigenvalue weighted by atomic mass is 10.1. The zero-order valence-electron chi connectivity index (χ0n) is 18.4. The predicted octanol–water partition coefficient (Wildman–Crippen LogP) is 3.50. The van der Waals surface area contributed by atoms with Gasteiger partial charge in [-0.25, -0.2) is 4.99 Å². The zero-order chi connectivity index (χ0) is 20.7. The van der Waals surface area contributed by atoms with E-state index in [1.165, 1.54) is 11.1 Å². The van der Waals surface area contributed by atoms with Crippen LogP contribution in [0.5, 0.6) is 0 Å². The van der Waals surface area contributed by atoms with Gasteiger partial charge in [0.15, 0.2) is 5.96 Å². The molecule has 6 nitrogen and oxygen atoms in total. The number of hydrogen-bond acceptors (Lipinski definition) is 4. The summed E-state index contributed by atoms with van der Waals surface area (Å²) in [6, 6.07) is 8.49. The molecule has 2 rings (SSSR count). The van der Waals surface area contributed by atoms with Gasteiger partial charge in [0.25, 0.3) is 0 Å². The number of benzene rings is 1. The van der Waals surface area contributed by atoms with Crippen molar-refractivity contribution >= 4 is 5.96 Å². The maximum absolute atomic E-state index is 6.03. The van der Waals surface area contributed by atoms with Crippen LogP contribution in [0.1, 0.15) is 51.2 Å². The van der Waals surface area contributed by atoms with Gasteiger partial charge in [-0.1, -0.05) is 38.1 Å². The molecule has 0 unspecified atom stereocenters. The first-order valence-electron chi connectivity index (χ1n) is 11.0. The number of hydrogen-bond donors (Lipinski definition) is 2. The molecule has 6 heteroatoms. The molecule has 164 valence electrons. The van der Waals surface area contributed by atoms with Gasteiger partial charge in [-0.15, -0.1) is 0 Å². The van der Waals surface area contributed by atoms with Crippen molar-refractivity contribution in [2.75, 3.05) is 39.5 Å². The van der Waals surface area contributed by atoms with Gasteiger partial charge in [-0.05, 0) is 43.2 Å². The average Bonchev–Trinajstić information content (AvgIpc) is 2.73. The van der Waals surface area contributed by atoms with E-state index in [9.17, 15) is 0 Å². The number of ether oxygens (including phenoxy) is 3. The lowest BCUT2D eigenvalue weighted by Gasteiger charge is -2.22. The Kier molecular flexibility index (Phi) is 11.7. The molecule has 0 bridgehead atoms. The summed E-state index contributed by atoms with van der Waals surface area (Å²) in [7, 11) is 0. The van der Waals surface area contributed by atoms with Crippen LogP contribution in [0.3, 0.4) is 0 Å². The largest absolute Gasteiger partial charge is 0.381 e. The van der Waals surface area contributed by atoms with Crippen molar-refractivity contribution in [1.29, 1.82) is 0 Å². The SMILES string of the molecule is CCNC(=NCc1cccc(COC2CCOCC2)c1)NCCOCCC(C)C. The van der Waals surface area contributed by atoms with Crippen LogP contribution < -0.4 is 10.6 Å². The lowest BCUT2D eigenvalue weighted by molar-refractivity contribution is -0.0390. The van der Waals surface area contributed by atoms with E-state index >= 15 is 0 Å². The second kappa shape index (κ2) is 14.4. The lowest BCUT2D eigenvalue weighted by Crippen LogP contribution is -2.39. The molecule has 2 N–H and O–H groups in total. The Morgan fingerprint density at radius 3 is 2.72 bits per heavy atom. The molecule has 1 aliphatic heterocycles. The molecule has 1 saturated heterocycles. The van der Waals surface area contributed by atoms with Crippen LogP contribution in [0.4, 0.5) is 0 Å². The van der Waals surface area contributed by atoms with Gasteiger partial charge in [0.05, 0.1) is 25.9 Å². The van der Waals surface area contributed by atoms with E-state index in [4.69, 9.17) is 19.2 Å². The molecule has 1 aliphatic rings. The van der Waals surface area contributed by atoms with Crippen LogP contribution in [-0.4, -0.2) is 51.6 Å². The van der Waals surface area contributed by atoms with Gasteiger partial charge in [0.2, 0.25) is 0 Å². The van der Waals surface area contributed by atoms with Gasteiger partial charge in [-0.2, -0.15) is 0 Å². The van der Waals surface area contributed by atoms with Crippen molar-refractivity contribution in [3.05, 3.63) is 35.4 Å². The molecule has 1 heterocycles. The Balaban J connectivity index is 1.75. The zero-order valence-corrected chi connectivity index (χ0v) is 18.4. The highest BCUT2D eigenvalue weighted by Gasteiger charge is 2.14. The number of guanidine groups is 1. The maximum Gasteiger partial charge on any atom is 0.191 e. The summed E-state index contributed by atoms with van der Waals surface area (Å²) in [4.78, 5) is 4.70. The summed E-state index contributed by atoms with van der Waals surface area (Å²) in [6.45, 7) is 12.5. The molecule has 0 aliphatic carbocycles. The van der Waals surface area contributed by atoms with E-state index in [-0.39, 0.29) is 0 Å². The highest BCUT2D eigenvalue weighted by molar-refractivity contribution is 5.79. The number of nitrogens with zero attached hydrogens (tertiary/aromatic N) is 1. The maximum atomic E-state index is 6.03. The van der Waals surface area contributed by atoms with E-state index in [0.717, 1.165) is 58.1 Å². The van der Waals surface area contributed by atoms with Crippen LogP contribution in [-0.2, 0) is 27.4 Å². The normalized spacial score (nSPS) is 15.7. The highest BCUT2D eigenvalue weighted by Crippen LogP contribution is 2.14. The summed E-state index contributed by atoms with van der Waals surface area (Å²) >= 11 is 0. The third kappa shape index (κ3) is 10.6. The van der Waals surface area contributed by atoms with E-state index < -0.39 is 0 Å². The smallest absolute Gasteiger partial charge is 0.191 e. The first-order valence-corrected chi connectivity index (χ1v) is 11.0. The molecule has 1 aromatic rings. The number of nitrogens with one attached hydrogen (secondary N) is 2. The fourth-order valence-electron chi connectivity index (χ4n) is 3.05. The Labute approximate surface area is 176 Å². The quantitative estimate of drug-likeness (QED) is 0.317. The summed E-state index contributed by atoms with van der Waals surface area (Å²) in [5.74, 6) is 1.50. The Hall–Kier alpha value is -1.63. The minimum atomic E-state index is 0.317. The van der Waals surface area contributed by atoms with Crippen LogP contribution in [0, 0.1) is 5.92 Å². The van der Waals surface area contributed by atoms with Gasteiger partial charge in [0, 0.05) is 32.9 Å². The average molecular weight is 406 g/mol. The van der Waals surface area contributed by atoms with E-state index in [0.29, 0.717) is 31.8 Å². The molecule has 1 aromatic carbocycles. The second-order valence-electron chi connectivity index (χ2n) is 7.86. The summed E-state index contributed by atoms with van der Waals surface area (Å²) < 4.78 is 17.1. The van der Waals surface area contributed by atoms with Crippen molar-refractivity contribution in [2.45, 2.75) is 59.3 Å². The summed E-state index contributed by atoms with van der Waals surface area (Å²) in [5, 5.41) is 6.63. The minimum Gasteiger partial charge on any atom is -0.381 e. The fourth-order valence-corrected chi connectivity index (χ4v) is 3.05. The Morgan fingerprint density at radius 1 is 1.17 bits per heavy atom. The van der Waals surface area contributed by atoms with Crippen LogP contribution in [0.2, 0.25) is 0 Å². The standard InChI is InChI=1S/C23H39N3O3/c1-4-24-23(25-11-15-28-12-8-19(2)3)26-17-20-6-5-7-21(16-20)18-29-22-9-13-27-14-10-22/h5-7,16,19,22H,4,8-15,17-18H2,1-3H3,(H2,24,25,26). The van der Waals surface area contributed by atoms with E-state index in [1.807, 2.05) is 0 Å². The van der Waals surface area contributed by atoms with Crippen molar-refractivity contribution in [3.63, 3.8) is 0 Å². The van der Waals surface area contributed by atoms with Crippen molar-refractivity contribution in [3.8, 4) is 0 Å². The van der Waals surface area contributed by atoms with Gasteiger partial charge in [0.1, 0.15) is 0 Å². The minimum absolute atomic E-state index is 0.317. The highest BCUT2D eigenvalue weighted by atomic mass is 16.5. The monoisotopic (exact) mass is 405 g/mol. The van der Waals surface area contributed by atoms with Crippen LogP contribution in [0.25, 0.3) is 0 Å². The number of rotatable bonds is 12. The predicted molar refractivity (Wildman–Crippen MR) is 118 cm³/mol. The second-order valence-corrected chi connectivity index (χ2v) is 7.86. The molecule has 0 atom stereocenters. The molecule has 29 heavy (non-hydrogen) atoms. The summed E-state index contributed by atoms with van der Waals surface area (Å²) in [6.07, 6.45) is 3.40. The van der Waals surface area contributed by atoms with Crippen molar-refractivity contribution in [1.82, 2.24) is 10.6 Å².